The fourth-order valence-electron chi connectivity index (χ4n) is 2.80. The number of carbonyl (C=O) groups is 2. The highest BCUT2D eigenvalue weighted by atomic mass is 32.2. The Balaban J connectivity index is 1.82. The Bertz CT molecular complexity index is 369. The maximum atomic E-state index is 12.1. The number of likely N-dealkylation sites (tertiary alicyclic amines) is 1. The lowest BCUT2D eigenvalue weighted by atomic mass is 9.99. The van der Waals surface area contributed by atoms with Crippen LogP contribution in [-0.4, -0.2) is 52.1 Å². The number of carbonyl (C=O) groups excluding carboxylic acids is 1. The molecule has 5 nitrogen and oxygen atoms in total. The summed E-state index contributed by atoms with van der Waals surface area (Å²) in [4.78, 5) is 24.7. The van der Waals surface area contributed by atoms with Crippen molar-refractivity contribution in [3.8, 4) is 0 Å². The Hall–Kier alpha value is -0.910. The van der Waals surface area contributed by atoms with Gasteiger partial charge in [-0.2, -0.15) is 11.8 Å². The van der Waals surface area contributed by atoms with Gasteiger partial charge < -0.3 is 15.3 Å². The first-order valence-electron chi connectivity index (χ1n) is 6.81. The average Bonchev–Trinajstić information content (AvgIpc) is 2.93. The number of rotatable bonds is 3. The minimum Gasteiger partial charge on any atom is -0.481 e. The number of urea groups is 1. The molecule has 2 aliphatic rings. The van der Waals surface area contributed by atoms with Crippen LogP contribution in [0.2, 0.25) is 0 Å². The quantitative estimate of drug-likeness (QED) is 0.827. The zero-order chi connectivity index (χ0) is 14.0. The third-order valence-corrected chi connectivity index (χ3v) is 5.67. The van der Waals surface area contributed by atoms with Crippen molar-refractivity contribution in [3.63, 3.8) is 0 Å². The van der Waals surface area contributed by atoms with Crippen LogP contribution in [0.25, 0.3) is 0 Å². The summed E-state index contributed by atoms with van der Waals surface area (Å²) in [5.74, 6) is -0.0446. The molecule has 0 aliphatic carbocycles. The summed E-state index contributed by atoms with van der Waals surface area (Å²) in [5.41, 5.74) is 0. The normalized spacial score (nSPS) is 34.5. The third-order valence-electron chi connectivity index (χ3n) is 4.13. The van der Waals surface area contributed by atoms with Crippen LogP contribution >= 0.6 is 11.8 Å². The van der Waals surface area contributed by atoms with E-state index in [0.717, 1.165) is 12.2 Å². The van der Waals surface area contributed by atoms with Crippen LogP contribution in [-0.2, 0) is 4.79 Å². The second kappa shape index (κ2) is 5.61. The SMILES string of the molecule is CC1CN(C(=O)NCC2(C)CCCS2)CC1C(=O)O. The molecular weight excluding hydrogens is 264 g/mol. The standard InChI is InChI=1S/C13H22N2O3S/c1-9-6-15(7-10(9)11(16)17)12(18)14-8-13(2)4-3-5-19-13/h9-10H,3-8H2,1-2H3,(H,14,18)(H,16,17). The summed E-state index contributed by atoms with van der Waals surface area (Å²) in [6.07, 6.45) is 2.34. The molecule has 108 valence electrons. The van der Waals surface area contributed by atoms with Crippen molar-refractivity contribution in [1.29, 1.82) is 0 Å². The van der Waals surface area contributed by atoms with Crippen LogP contribution in [0, 0.1) is 11.8 Å². The smallest absolute Gasteiger partial charge is 0.317 e. The molecule has 0 aromatic heterocycles. The fraction of sp³-hybridized carbons (Fsp3) is 0.846. The summed E-state index contributed by atoms with van der Waals surface area (Å²) in [6, 6.07) is -0.121. The number of hydrogen-bond donors (Lipinski definition) is 2. The highest BCUT2D eigenvalue weighted by molar-refractivity contribution is 8.00. The van der Waals surface area contributed by atoms with Crippen LogP contribution in [0.4, 0.5) is 4.79 Å². The number of amides is 2. The van der Waals surface area contributed by atoms with E-state index in [1.165, 1.54) is 6.42 Å². The number of carboxylic acids is 1. The summed E-state index contributed by atoms with van der Waals surface area (Å²) in [7, 11) is 0. The largest absolute Gasteiger partial charge is 0.481 e. The molecule has 19 heavy (non-hydrogen) atoms. The highest BCUT2D eigenvalue weighted by Gasteiger charge is 2.37. The molecule has 2 N–H and O–H groups in total. The van der Waals surface area contributed by atoms with Crippen molar-refractivity contribution in [2.24, 2.45) is 11.8 Å². The molecule has 3 atom stereocenters. The number of nitrogens with zero attached hydrogens (tertiary/aromatic N) is 1. The number of hydrogen-bond acceptors (Lipinski definition) is 3. The number of carboxylic acid groups (broad SMARTS) is 1. The molecule has 0 aromatic carbocycles. The molecule has 2 rings (SSSR count). The molecule has 0 saturated carbocycles. The molecule has 0 aromatic rings. The number of thioether (sulfide) groups is 1. The minimum absolute atomic E-state index is 0.0275. The van der Waals surface area contributed by atoms with Gasteiger partial charge in [-0.05, 0) is 31.4 Å². The molecule has 6 heteroatoms. The molecular formula is C13H22N2O3S. The zero-order valence-electron chi connectivity index (χ0n) is 11.5. The second-order valence-corrected chi connectivity index (χ2v) is 7.57. The van der Waals surface area contributed by atoms with Crippen LogP contribution in [0.1, 0.15) is 26.7 Å². The summed E-state index contributed by atoms with van der Waals surface area (Å²) >= 11 is 1.91. The lowest BCUT2D eigenvalue weighted by molar-refractivity contribution is -0.142. The zero-order valence-corrected chi connectivity index (χ0v) is 12.3. The van der Waals surface area contributed by atoms with E-state index < -0.39 is 11.9 Å². The molecule has 3 unspecified atom stereocenters. The summed E-state index contributed by atoms with van der Waals surface area (Å²) < 4.78 is 0.146. The molecule has 2 fully saturated rings. The first-order valence-corrected chi connectivity index (χ1v) is 7.79. The van der Waals surface area contributed by atoms with Gasteiger partial charge in [0.2, 0.25) is 0 Å². The Morgan fingerprint density at radius 1 is 1.47 bits per heavy atom. The van der Waals surface area contributed by atoms with Gasteiger partial charge in [0.1, 0.15) is 0 Å². The van der Waals surface area contributed by atoms with E-state index in [0.29, 0.717) is 19.6 Å². The molecule has 2 heterocycles. The maximum Gasteiger partial charge on any atom is 0.317 e. The van der Waals surface area contributed by atoms with Gasteiger partial charge in [-0.25, -0.2) is 4.79 Å². The Labute approximate surface area is 118 Å². The van der Waals surface area contributed by atoms with E-state index in [1.807, 2.05) is 18.7 Å². The molecule has 2 amide bonds. The van der Waals surface area contributed by atoms with E-state index in [1.54, 1.807) is 4.90 Å². The third kappa shape index (κ3) is 3.35. The monoisotopic (exact) mass is 286 g/mol. The van der Waals surface area contributed by atoms with E-state index in [2.05, 4.69) is 12.2 Å². The van der Waals surface area contributed by atoms with Crippen LogP contribution < -0.4 is 5.32 Å². The first kappa shape index (κ1) is 14.5. The summed E-state index contributed by atoms with van der Waals surface area (Å²) in [5, 5.41) is 12.0. The Kier molecular flexibility index (Phi) is 4.28. The van der Waals surface area contributed by atoms with Crippen molar-refractivity contribution in [2.45, 2.75) is 31.4 Å². The van der Waals surface area contributed by atoms with Gasteiger partial charge in [-0.1, -0.05) is 6.92 Å². The van der Waals surface area contributed by atoms with Gasteiger partial charge in [-0.15, -0.1) is 0 Å². The molecule has 0 radical (unpaired) electrons. The van der Waals surface area contributed by atoms with Crippen LogP contribution in [0.3, 0.4) is 0 Å². The minimum atomic E-state index is -0.805. The van der Waals surface area contributed by atoms with Crippen LogP contribution in [0.5, 0.6) is 0 Å². The second-order valence-electron chi connectivity index (χ2n) is 5.89. The van der Waals surface area contributed by atoms with Gasteiger partial charge in [-0.3, -0.25) is 4.79 Å². The lowest BCUT2D eigenvalue weighted by Gasteiger charge is -2.25. The number of aliphatic carboxylic acids is 1. The van der Waals surface area contributed by atoms with Crippen LogP contribution in [0.15, 0.2) is 0 Å². The van der Waals surface area contributed by atoms with Gasteiger partial charge in [0, 0.05) is 24.4 Å². The predicted molar refractivity (Wildman–Crippen MR) is 75.4 cm³/mol. The van der Waals surface area contributed by atoms with E-state index >= 15 is 0 Å². The van der Waals surface area contributed by atoms with E-state index in [4.69, 9.17) is 5.11 Å². The van der Waals surface area contributed by atoms with Gasteiger partial charge in [0.05, 0.1) is 5.92 Å². The number of nitrogens with one attached hydrogen (secondary N) is 1. The Morgan fingerprint density at radius 2 is 2.21 bits per heavy atom. The fourth-order valence-corrected chi connectivity index (χ4v) is 4.05. The molecule has 0 spiro atoms. The Morgan fingerprint density at radius 3 is 2.74 bits per heavy atom. The van der Waals surface area contributed by atoms with Crippen molar-refractivity contribution in [1.82, 2.24) is 10.2 Å². The van der Waals surface area contributed by atoms with Gasteiger partial charge >= 0.3 is 12.0 Å². The molecule has 2 aliphatic heterocycles. The van der Waals surface area contributed by atoms with Gasteiger partial charge in [0.15, 0.2) is 0 Å². The van der Waals surface area contributed by atoms with E-state index in [-0.39, 0.29) is 16.7 Å². The van der Waals surface area contributed by atoms with Crippen molar-refractivity contribution in [2.75, 3.05) is 25.4 Å². The summed E-state index contributed by atoms with van der Waals surface area (Å²) in [6.45, 7) is 5.59. The first-order chi connectivity index (χ1) is 8.91. The van der Waals surface area contributed by atoms with Crippen molar-refractivity contribution < 1.29 is 14.7 Å². The van der Waals surface area contributed by atoms with Crippen molar-refractivity contribution in [3.05, 3.63) is 0 Å². The van der Waals surface area contributed by atoms with E-state index in [9.17, 15) is 9.59 Å². The van der Waals surface area contributed by atoms with Gasteiger partial charge in [0.25, 0.3) is 0 Å². The average molecular weight is 286 g/mol. The maximum absolute atomic E-state index is 12.1. The highest BCUT2D eigenvalue weighted by Crippen LogP contribution is 2.37. The molecule has 2 saturated heterocycles. The predicted octanol–water partition coefficient (Wildman–Crippen LogP) is 1.63. The van der Waals surface area contributed by atoms with Crippen molar-refractivity contribution >= 4 is 23.8 Å². The topological polar surface area (TPSA) is 69.6 Å². The lowest BCUT2D eigenvalue weighted by Crippen LogP contribution is -2.44. The molecule has 0 bridgehead atoms.